The SMILES string of the molecule is CC(C)N1CCN(CC(=O)N2CCCC2)CC1. The standard InChI is InChI=1S/C13H25N3O/c1-12(2)15-9-7-14(8-10-15)11-13(17)16-5-3-4-6-16/h12H,3-11H2,1-2H3. The second-order valence-electron chi connectivity index (χ2n) is 5.49. The van der Waals surface area contributed by atoms with Crippen LogP contribution in [-0.2, 0) is 4.79 Å². The Morgan fingerprint density at radius 2 is 1.59 bits per heavy atom. The first-order valence-corrected chi connectivity index (χ1v) is 6.91. The van der Waals surface area contributed by atoms with Crippen LogP contribution in [0.4, 0.5) is 0 Å². The van der Waals surface area contributed by atoms with Crippen LogP contribution in [0, 0.1) is 0 Å². The minimum absolute atomic E-state index is 0.334. The maximum Gasteiger partial charge on any atom is 0.236 e. The van der Waals surface area contributed by atoms with Crippen molar-refractivity contribution in [1.29, 1.82) is 0 Å². The summed E-state index contributed by atoms with van der Waals surface area (Å²) in [6.07, 6.45) is 2.37. The summed E-state index contributed by atoms with van der Waals surface area (Å²) in [5.41, 5.74) is 0. The number of carbonyl (C=O) groups is 1. The molecular formula is C13H25N3O. The fourth-order valence-electron chi connectivity index (χ4n) is 2.70. The number of amides is 1. The second kappa shape index (κ2) is 5.83. The molecule has 0 bridgehead atoms. The van der Waals surface area contributed by atoms with Crippen LogP contribution < -0.4 is 0 Å². The maximum absolute atomic E-state index is 12.0. The first kappa shape index (κ1) is 12.8. The quantitative estimate of drug-likeness (QED) is 0.723. The zero-order valence-corrected chi connectivity index (χ0v) is 11.2. The Morgan fingerprint density at radius 3 is 2.12 bits per heavy atom. The van der Waals surface area contributed by atoms with Gasteiger partial charge in [-0.25, -0.2) is 0 Å². The average Bonchev–Trinajstić information content (AvgIpc) is 2.83. The van der Waals surface area contributed by atoms with Crippen molar-refractivity contribution in [2.75, 3.05) is 45.8 Å². The Bertz CT molecular complexity index is 253. The van der Waals surface area contributed by atoms with Crippen molar-refractivity contribution in [3.05, 3.63) is 0 Å². The largest absolute Gasteiger partial charge is 0.342 e. The third kappa shape index (κ3) is 3.42. The smallest absolute Gasteiger partial charge is 0.236 e. The Kier molecular flexibility index (Phi) is 4.40. The summed E-state index contributed by atoms with van der Waals surface area (Å²) in [6.45, 7) is 11.4. The number of nitrogens with zero attached hydrogens (tertiary/aromatic N) is 3. The van der Waals surface area contributed by atoms with Crippen molar-refractivity contribution in [3.8, 4) is 0 Å². The Morgan fingerprint density at radius 1 is 1.00 bits per heavy atom. The van der Waals surface area contributed by atoms with Gasteiger partial charge < -0.3 is 4.90 Å². The molecule has 4 nitrogen and oxygen atoms in total. The van der Waals surface area contributed by atoms with Gasteiger partial charge in [0, 0.05) is 45.3 Å². The molecule has 17 heavy (non-hydrogen) atoms. The Balaban J connectivity index is 1.72. The molecule has 0 N–H and O–H groups in total. The number of hydrogen-bond donors (Lipinski definition) is 0. The molecule has 0 spiro atoms. The van der Waals surface area contributed by atoms with Gasteiger partial charge in [0.05, 0.1) is 6.54 Å². The molecule has 0 saturated carbocycles. The van der Waals surface area contributed by atoms with Crippen molar-refractivity contribution in [3.63, 3.8) is 0 Å². The molecule has 0 radical (unpaired) electrons. The van der Waals surface area contributed by atoms with E-state index in [1.165, 1.54) is 12.8 Å². The monoisotopic (exact) mass is 239 g/mol. The predicted octanol–water partition coefficient (Wildman–Crippen LogP) is 0.635. The van der Waals surface area contributed by atoms with Crippen molar-refractivity contribution in [2.45, 2.75) is 32.7 Å². The topological polar surface area (TPSA) is 26.8 Å². The highest BCUT2D eigenvalue weighted by atomic mass is 16.2. The highest BCUT2D eigenvalue weighted by Crippen LogP contribution is 2.10. The van der Waals surface area contributed by atoms with E-state index in [-0.39, 0.29) is 0 Å². The van der Waals surface area contributed by atoms with E-state index >= 15 is 0 Å². The number of carbonyl (C=O) groups excluding carboxylic acids is 1. The molecule has 4 heteroatoms. The van der Waals surface area contributed by atoms with Crippen molar-refractivity contribution in [1.82, 2.24) is 14.7 Å². The van der Waals surface area contributed by atoms with Crippen LogP contribution in [0.2, 0.25) is 0 Å². The van der Waals surface area contributed by atoms with Crippen LogP contribution in [0.3, 0.4) is 0 Å². The lowest BCUT2D eigenvalue weighted by Crippen LogP contribution is -2.51. The molecular weight excluding hydrogens is 214 g/mol. The molecule has 2 aliphatic heterocycles. The van der Waals surface area contributed by atoms with Crippen LogP contribution in [0.1, 0.15) is 26.7 Å². The molecule has 2 fully saturated rings. The highest BCUT2D eigenvalue weighted by Gasteiger charge is 2.23. The third-order valence-electron chi connectivity index (χ3n) is 3.95. The van der Waals surface area contributed by atoms with Crippen LogP contribution in [0.5, 0.6) is 0 Å². The van der Waals surface area contributed by atoms with E-state index in [1.807, 2.05) is 4.90 Å². The lowest BCUT2D eigenvalue weighted by atomic mass is 10.2. The van der Waals surface area contributed by atoms with Gasteiger partial charge in [-0.1, -0.05) is 0 Å². The van der Waals surface area contributed by atoms with E-state index in [4.69, 9.17) is 0 Å². The molecule has 0 aliphatic carbocycles. The van der Waals surface area contributed by atoms with Crippen molar-refractivity contribution < 1.29 is 4.79 Å². The van der Waals surface area contributed by atoms with Crippen molar-refractivity contribution >= 4 is 5.91 Å². The maximum atomic E-state index is 12.0. The molecule has 2 saturated heterocycles. The summed E-state index contributed by atoms with van der Waals surface area (Å²) >= 11 is 0. The van der Waals surface area contributed by atoms with Gasteiger partial charge >= 0.3 is 0 Å². The van der Waals surface area contributed by atoms with E-state index in [0.29, 0.717) is 18.5 Å². The zero-order chi connectivity index (χ0) is 12.3. The first-order chi connectivity index (χ1) is 8.16. The summed E-state index contributed by atoms with van der Waals surface area (Å²) in [7, 11) is 0. The summed E-state index contributed by atoms with van der Waals surface area (Å²) in [4.78, 5) is 18.8. The minimum Gasteiger partial charge on any atom is -0.342 e. The van der Waals surface area contributed by atoms with E-state index in [2.05, 4.69) is 23.6 Å². The van der Waals surface area contributed by atoms with Gasteiger partial charge in [0.2, 0.25) is 5.91 Å². The van der Waals surface area contributed by atoms with Gasteiger partial charge in [-0.2, -0.15) is 0 Å². The van der Waals surface area contributed by atoms with Gasteiger partial charge in [0.25, 0.3) is 0 Å². The molecule has 0 aromatic rings. The molecule has 2 aliphatic rings. The Labute approximate surface area is 105 Å². The fourth-order valence-corrected chi connectivity index (χ4v) is 2.70. The lowest BCUT2D eigenvalue weighted by molar-refractivity contribution is -0.131. The molecule has 0 unspecified atom stereocenters. The number of rotatable bonds is 3. The van der Waals surface area contributed by atoms with Gasteiger partial charge in [0.1, 0.15) is 0 Å². The summed E-state index contributed by atoms with van der Waals surface area (Å²) in [5.74, 6) is 0.334. The minimum atomic E-state index is 0.334. The summed E-state index contributed by atoms with van der Waals surface area (Å²) in [6, 6.07) is 0.631. The van der Waals surface area contributed by atoms with E-state index < -0.39 is 0 Å². The Hall–Kier alpha value is -0.610. The lowest BCUT2D eigenvalue weighted by Gasteiger charge is -2.37. The van der Waals surface area contributed by atoms with E-state index in [9.17, 15) is 4.79 Å². The molecule has 2 heterocycles. The van der Waals surface area contributed by atoms with Crippen LogP contribution in [0.15, 0.2) is 0 Å². The van der Waals surface area contributed by atoms with Crippen molar-refractivity contribution in [2.24, 2.45) is 0 Å². The number of piperazine rings is 1. The predicted molar refractivity (Wildman–Crippen MR) is 69.0 cm³/mol. The molecule has 98 valence electrons. The van der Waals surface area contributed by atoms with E-state index in [1.54, 1.807) is 0 Å². The second-order valence-corrected chi connectivity index (χ2v) is 5.49. The summed E-state index contributed by atoms with van der Waals surface area (Å²) in [5, 5.41) is 0. The first-order valence-electron chi connectivity index (χ1n) is 6.91. The van der Waals surface area contributed by atoms with Gasteiger partial charge in [-0.05, 0) is 26.7 Å². The molecule has 1 amide bonds. The summed E-state index contributed by atoms with van der Waals surface area (Å²) < 4.78 is 0. The number of likely N-dealkylation sites (tertiary alicyclic amines) is 1. The molecule has 2 rings (SSSR count). The van der Waals surface area contributed by atoms with Crippen LogP contribution >= 0.6 is 0 Å². The van der Waals surface area contributed by atoms with Gasteiger partial charge in [-0.15, -0.1) is 0 Å². The van der Waals surface area contributed by atoms with Crippen LogP contribution in [-0.4, -0.2) is 72.5 Å². The molecule has 0 atom stereocenters. The normalized spacial score (nSPS) is 23.6. The molecule has 0 aromatic carbocycles. The molecule has 0 aromatic heterocycles. The average molecular weight is 239 g/mol. The van der Waals surface area contributed by atoms with Crippen LogP contribution in [0.25, 0.3) is 0 Å². The fraction of sp³-hybridized carbons (Fsp3) is 0.923. The zero-order valence-electron chi connectivity index (χ0n) is 11.2. The van der Waals surface area contributed by atoms with Gasteiger partial charge in [0.15, 0.2) is 0 Å². The van der Waals surface area contributed by atoms with E-state index in [0.717, 1.165) is 39.3 Å². The van der Waals surface area contributed by atoms with Gasteiger partial charge in [-0.3, -0.25) is 14.6 Å². The third-order valence-corrected chi connectivity index (χ3v) is 3.95. The highest BCUT2D eigenvalue weighted by molar-refractivity contribution is 5.78. The number of hydrogen-bond acceptors (Lipinski definition) is 3.